The van der Waals surface area contributed by atoms with Crippen molar-refractivity contribution in [2.24, 2.45) is 5.73 Å². The first-order valence-corrected chi connectivity index (χ1v) is 22.9. The second-order valence-corrected chi connectivity index (χ2v) is 15.4. The molecule has 0 fully saturated rings. The molecule has 0 aromatic heterocycles. The molecule has 0 saturated carbocycles. The molecule has 5 N–H and O–H groups in total. The Labute approximate surface area is 354 Å². The van der Waals surface area contributed by atoms with E-state index in [2.05, 4.69) is 85.2 Å². The van der Waals surface area contributed by atoms with E-state index in [1.807, 2.05) is 24.3 Å². The largest absolute Gasteiger partial charge is 0.480 e. The second kappa shape index (κ2) is 39.8. The number of aliphatic carboxylic acids is 1. The summed E-state index contributed by atoms with van der Waals surface area (Å²) in [6, 6.07) is -1.54. The van der Waals surface area contributed by atoms with Gasteiger partial charge in [0.2, 0.25) is 0 Å². The van der Waals surface area contributed by atoms with Crippen LogP contribution in [0.15, 0.2) is 97.2 Å². The average molecular weight is 848 g/mol. The fraction of sp³-hybridized carbons (Fsp3) is 0.587. The summed E-state index contributed by atoms with van der Waals surface area (Å²) in [5.41, 5.74) is 5.32. The van der Waals surface area contributed by atoms with Crippen molar-refractivity contribution in [2.75, 3.05) is 19.8 Å². The Morgan fingerprint density at radius 1 is 0.610 bits per heavy atom. The highest BCUT2D eigenvalue weighted by molar-refractivity contribution is 7.47. The van der Waals surface area contributed by atoms with Crippen molar-refractivity contribution >= 4 is 25.7 Å². The molecule has 0 rings (SSSR count). The van der Waals surface area contributed by atoms with E-state index in [1.165, 1.54) is 0 Å². The van der Waals surface area contributed by atoms with Gasteiger partial charge >= 0.3 is 25.7 Å². The third-order valence-electron chi connectivity index (χ3n) is 8.41. The zero-order chi connectivity index (χ0) is 43.7. The number of ether oxygens (including phenoxy) is 2. The van der Waals surface area contributed by atoms with E-state index in [1.54, 1.807) is 6.08 Å². The zero-order valence-electron chi connectivity index (χ0n) is 35.7. The van der Waals surface area contributed by atoms with Crippen LogP contribution in [-0.4, -0.2) is 71.1 Å². The predicted octanol–water partition coefficient (Wildman–Crippen LogP) is 10.2. The number of carbonyl (C=O) groups excluding carboxylic acids is 2. The lowest BCUT2D eigenvalue weighted by Crippen LogP contribution is -2.34. The van der Waals surface area contributed by atoms with Crippen LogP contribution in [0.1, 0.15) is 136 Å². The Bertz CT molecular complexity index is 1380. The monoisotopic (exact) mass is 847 g/mol. The van der Waals surface area contributed by atoms with Crippen LogP contribution in [0, 0.1) is 0 Å². The highest BCUT2D eigenvalue weighted by Gasteiger charge is 2.28. The molecule has 59 heavy (non-hydrogen) atoms. The molecule has 0 amide bonds. The van der Waals surface area contributed by atoms with Gasteiger partial charge in [-0.2, -0.15) is 0 Å². The van der Waals surface area contributed by atoms with E-state index in [9.17, 15) is 28.9 Å². The van der Waals surface area contributed by atoms with Crippen molar-refractivity contribution in [2.45, 2.75) is 154 Å². The van der Waals surface area contributed by atoms with Crippen molar-refractivity contribution in [1.29, 1.82) is 0 Å². The van der Waals surface area contributed by atoms with E-state index in [0.29, 0.717) is 19.3 Å². The van der Waals surface area contributed by atoms with Gasteiger partial charge in [-0.05, 0) is 83.5 Å². The normalized spacial score (nSPS) is 15.2. The topological polar surface area (TPSA) is 192 Å². The lowest BCUT2D eigenvalue weighted by atomic mass is 10.1. The van der Waals surface area contributed by atoms with Gasteiger partial charge in [0.1, 0.15) is 12.6 Å². The lowest BCUT2D eigenvalue weighted by Gasteiger charge is -2.20. The molecular weight excluding hydrogens is 773 g/mol. The Balaban J connectivity index is 4.53. The van der Waals surface area contributed by atoms with Crippen LogP contribution in [0.3, 0.4) is 0 Å². The maximum absolute atomic E-state index is 12.6. The molecule has 2 unspecified atom stereocenters. The highest BCUT2D eigenvalue weighted by Crippen LogP contribution is 2.43. The first kappa shape index (κ1) is 55.4. The molecule has 12 nitrogen and oxygen atoms in total. The number of hydrogen-bond acceptors (Lipinski definition) is 10. The Hall–Kier alpha value is -3.64. The van der Waals surface area contributed by atoms with Crippen LogP contribution >= 0.6 is 7.82 Å². The number of allylic oxidation sites excluding steroid dienone is 14. The fourth-order valence-corrected chi connectivity index (χ4v) is 5.84. The van der Waals surface area contributed by atoms with Gasteiger partial charge in [0.05, 0.1) is 19.3 Å². The Kier molecular flexibility index (Phi) is 37.3. The van der Waals surface area contributed by atoms with E-state index in [-0.39, 0.29) is 12.8 Å². The minimum absolute atomic E-state index is 0.101. The number of aliphatic hydroxyl groups is 1. The number of esters is 2. The SMILES string of the molecule is CC/C=C\C/C=C\C/C=C\C/C=C\C/C=C\CCCCCC(=O)O[C@H](COC(=O)CCCCCCC/C=C/C=C/C(O)C/C=C/CC)COP(=O)(O)OC[C@H](N)C(=O)O. The number of phosphoric ester groups is 1. The summed E-state index contributed by atoms with van der Waals surface area (Å²) < 4.78 is 32.6. The van der Waals surface area contributed by atoms with E-state index >= 15 is 0 Å². The Morgan fingerprint density at radius 3 is 1.71 bits per heavy atom. The number of aliphatic hydroxyl groups excluding tert-OH is 1. The summed E-state index contributed by atoms with van der Waals surface area (Å²) in [4.78, 5) is 46.0. The van der Waals surface area contributed by atoms with Crippen molar-refractivity contribution in [3.8, 4) is 0 Å². The Morgan fingerprint density at radius 2 is 1.10 bits per heavy atom. The van der Waals surface area contributed by atoms with Crippen molar-refractivity contribution in [1.82, 2.24) is 0 Å². The first-order valence-electron chi connectivity index (χ1n) is 21.4. The van der Waals surface area contributed by atoms with Crippen LogP contribution in [-0.2, 0) is 37.5 Å². The summed E-state index contributed by atoms with van der Waals surface area (Å²) in [5, 5.41) is 18.8. The molecule has 0 aliphatic heterocycles. The minimum atomic E-state index is -4.75. The zero-order valence-corrected chi connectivity index (χ0v) is 36.6. The minimum Gasteiger partial charge on any atom is -0.480 e. The molecule has 0 aliphatic rings. The van der Waals surface area contributed by atoms with Crippen LogP contribution < -0.4 is 5.73 Å². The van der Waals surface area contributed by atoms with E-state index in [4.69, 9.17) is 24.8 Å². The van der Waals surface area contributed by atoms with Crippen molar-refractivity contribution in [3.05, 3.63) is 97.2 Å². The van der Waals surface area contributed by atoms with Crippen LogP contribution in [0.4, 0.5) is 0 Å². The molecule has 334 valence electrons. The molecular formula is C46H74NO11P. The molecule has 0 aromatic rings. The first-order chi connectivity index (χ1) is 28.5. The average Bonchev–Trinajstić information content (AvgIpc) is 3.20. The number of carboxylic acid groups (broad SMARTS) is 1. The van der Waals surface area contributed by atoms with Gasteiger partial charge < -0.3 is 30.3 Å². The van der Waals surface area contributed by atoms with Gasteiger partial charge in [-0.1, -0.05) is 137 Å². The summed E-state index contributed by atoms with van der Waals surface area (Å²) in [5.74, 6) is -2.50. The summed E-state index contributed by atoms with van der Waals surface area (Å²) in [6.07, 6.45) is 46.6. The maximum Gasteiger partial charge on any atom is 0.472 e. The van der Waals surface area contributed by atoms with Crippen LogP contribution in [0.2, 0.25) is 0 Å². The molecule has 0 aliphatic carbocycles. The van der Waals surface area contributed by atoms with E-state index in [0.717, 1.165) is 89.9 Å². The number of rotatable bonds is 38. The van der Waals surface area contributed by atoms with E-state index < -0.39 is 63.8 Å². The quantitative estimate of drug-likeness (QED) is 0.0151. The summed E-state index contributed by atoms with van der Waals surface area (Å²) in [6.45, 7) is 2.39. The number of carbonyl (C=O) groups is 3. The van der Waals surface area contributed by atoms with Gasteiger partial charge in [0.25, 0.3) is 0 Å². The summed E-state index contributed by atoms with van der Waals surface area (Å²) >= 11 is 0. The van der Waals surface area contributed by atoms with Gasteiger partial charge in [0, 0.05) is 12.8 Å². The smallest absolute Gasteiger partial charge is 0.472 e. The standard InChI is InChI=1S/C46H74NO11P/c1-3-5-7-8-9-10-11-12-13-14-15-16-17-18-19-22-26-29-33-37-45(50)58-42(39-56-59(53,54)57-40-43(47)46(51)52)38-55-44(49)36-32-28-25-23-20-21-24-27-31-35-41(48)34-30-6-4-2/h5-7,9-10,12-13,15-16,18-19,24,27,30-31,35,41-43,48H,3-4,8,11,14,17,20-23,25-26,28-29,32-34,36-40,47H2,1-2H3,(H,51,52)(H,53,54)/b7-5-,10-9-,13-12-,16-15-,19-18-,27-24+,30-6+,35-31+/t41?,42-,43+/m1/s1. The molecule has 4 atom stereocenters. The van der Waals surface area contributed by atoms with Crippen molar-refractivity contribution in [3.63, 3.8) is 0 Å². The van der Waals surface area contributed by atoms with Crippen LogP contribution in [0.5, 0.6) is 0 Å². The number of carboxylic acids is 1. The molecule has 0 radical (unpaired) electrons. The third kappa shape index (κ3) is 39.6. The highest BCUT2D eigenvalue weighted by atomic mass is 31.2. The molecule has 0 bridgehead atoms. The van der Waals surface area contributed by atoms with Gasteiger partial charge in [-0.25, -0.2) is 4.57 Å². The molecule has 0 spiro atoms. The molecule has 13 heteroatoms. The van der Waals surface area contributed by atoms with Crippen molar-refractivity contribution < 1.29 is 52.6 Å². The maximum atomic E-state index is 12.6. The number of phosphoric acid groups is 1. The van der Waals surface area contributed by atoms with Gasteiger partial charge in [-0.3, -0.25) is 23.4 Å². The number of nitrogens with two attached hydrogens (primary N) is 1. The second-order valence-electron chi connectivity index (χ2n) is 13.9. The fourth-order valence-electron chi connectivity index (χ4n) is 5.07. The van der Waals surface area contributed by atoms with Gasteiger partial charge in [-0.15, -0.1) is 0 Å². The summed E-state index contributed by atoms with van der Waals surface area (Å²) in [7, 11) is -4.75. The number of hydrogen-bond donors (Lipinski definition) is 4. The predicted molar refractivity (Wildman–Crippen MR) is 236 cm³/mol. The molecule has 0 heterocycles. The number of unbranched alkanes of at least 4 members (excludes halogenated alkanes) is 8. The van der Waals surface area contributed by atoms with Crippen LogP contribution in [0.25, 0.3) is 0 Å². The van der Waals surface area contributed by atoms with Gasteiger partial charge in [0.15, 0.2) is 6.10 Å². The molecule has 0 saturated heterocycles. The third-order valence-corrected chi connectivity index (χ3v) is 9.36. The lowest BCUT2D eigenvalue weighted by molar-refractivity contribution is -0.161. The molecule has 0 aromatic carbocycles.